The molecule has 0 unspecified atom stereocenters. The van der Waals surface area contributed by atoms with Gasteiger partial charge in [0.15, 0.2) is 0 Å². The van der Waals surface area contributed by atoms with E-state index < -0.39 is 0 Å². The number of hydrogen-bond acceptors (Lipinski definition) is 2. The molecule has 0 bridgehead atoms. The molecule has 0 atom stereocenters. The summed E-state index contributed by atoms with van der Waals surface area (Å²) in [6.45, 7) is 4.07. The average Bonchev–Trinajstić information content (AvgIpc) is 2.24. The largest absolute Gasteiger partial charge is 0.492 e. The van der Waals surface area contributed by atoms with Crippen LogP contribution in [-0.2, 0) is 4.79 Å². The van der Waals surface area contributed by atoms with Crippen LogP contribution in [0.1, 0.15) is 20.3 Å². The first-order chi connectivity index (χ1) is 7.52. The fourth-order valence-corrected chi connectivity index (χ4v) is 1.49. The van der Waals surface area contributed by atoms with Gasteiger partial charge in [0.05, 0.1) is 11.6 Å². The van der Waals surface area contributed by atoms with Gasteiger partial charge in [-0.15, -0.1) is 0 Å². The Morgan fingerprint density at radius 2 is 2.06 bits per heavy atom. The van der Waals surface area contributed by atoms with Gasteiger partial charge in [0, 0.05) is 12.3 Å². The molecule has 0 aliphatic rings. The van der Waals surface area contributed by atoms with Crippen molar-refractivity contribution in [3.05, 3.63) is 28.2 Å². The topological polar surface area (TPSA) is 26.3 Å². The molecular formula is C12H14Cl2O2. The van der Waals surface area contributed by atoms with Gasteiger partial charge in [-0.1, -0.05) is 43.1 Å². The van der Waals surface area contributed by atoms with Gasteiger partial charge in [0.1, 0.15) is 16.6 Å². The lowest BCUT2D eigenvalue weighted by Gasteiger charge is -2.09. The number of ether oxygens (including phenoxy) is 1. The summed E-state index contributed by atoms with van der Waals surface area (Å²) in [7, 11) is 0. The number of carbonyl (C=O) groups is 1. The van der Waals surface area contributed by atoms with Gasteiger partial charge in [0.25, 0.3) is 0 Å². The first-order valence-corrected chi connectivity index (χ1v) is 5.87. The molecular weight excluding hydrogens is 247 g/mol. The van der Waals surface area contributed by atoms with E-state index in [0.29, 0.717) is 28.8 Å². The number of halogens is 2. The minimum atomic E-state index is 0.0402. The molecule has 0 aliphatic heterocycles. The van der Waals surface area contributed by atoms with Crippen molar-refractivity contribution < 1.29 is 9.53 Å². The van der Waals surface area contributed by atoms with Crippen molar-refractivity contribution in [1.82, 2.24) is 0 Å². The molecule has 0 saturated heterocycles. The summed E-state index contributed by atoms with van der Waals surface area (Å²) in [4.78, 5) is 11.3. The summed E-state index contributed by atoms with van der Waals surface area (Å²) in [6.07, 6.45) is 0.389. The Morgan fingerprint density at radius 1 is 1.38 bits per heavy atom. The molecule has 0 N–H and O–H groups in total. The van der Waals surface area contributed by atoms with Gasteiger partial charge in [0.2, 0.25) is 0 Å². The predicted octanol–water partition coefficient (Wildman–Crippen LogP) is 3.99. The van der Waals surface area contributed by atoms with E-state index >= 15 is 0 Å². The van der Waals surface area contributed by atoms with E-state index in [1.165, 1.54) is 0 Å². The molecule has 88 valence electrons. The molecule has 0 aromatic heterocycles. The van der Waals surface area contributed by atoms with Gasteiger partial charge in [-0.3, -0.25) is 4.79 Å². The first-order valence-electron chi connectivity index (χ1n) is 5.12. The highest BCUT2D eigenvalue weighted by Gasteiger charge is 2.09. The Morgan fingerprint density at radius 3 is 2.69 bits per heavy atom. The van der Waals surface area contributed by atoms with Crippen molar-refractivity contribution in [3.63, 3.8) is 0 Å². The molecule has 0 saturated carbocycles. The third kappa shape index (κ3) is 3.69. The van der Waals surface area contributed by atoms with E-state index in [4.69, 9.17) is 27.9 Å². The second-order valence-corrected chi connectivity index (χ2v) is 4.56. The summed E-state index contributed by atoms with van der Waals surface area (Å²) in [5.41, 5.74) is 0. The third-order valence-corrected chi connectivity index (χ3v) is 2.97. The second kappa shape index (κ2) is 6.12. The van der Waals surface area contributed by atoms with Gasteiger partial charge in [-0.2, -0.15) is 0 Å². The number of hydrogen-bond donors (Lipinski definition) is 0. The van der Waals surface area contributed by atoms with E-state index in [9.17, 15) is 4.79 Å². The van der Waals surface area contributed by atoms with Crippen molar-refractivity contribution in [2.24, 2.45) is 5.92 Å². The molecule has 0 fully saturated rings. The molecule has 4 heteroatoms. The summed E-state index contributed by atoms with van der Waals surface area (Å²) in [5, 5.41) is 0.843. The van der Waals surface area contributed by atoms with Crippen LogP contribution in [0.2, 0.25) is 10.0 Å². The van der Waals surface area contributed by atoms with Crippen molar-refractivity contribution >= 4 is 29.0 Å². The number of Topliss-reactive ketones (excluding diaryl/α,β-unsaturated/α-hetero) is 1. The smallest absolute Gasteiger partial charge is 0.139 e. The van der Waals surface area contributed by atoms with E-state index in [0.717, 1.165) is 0 Å². The van der Waals surface area contributed by atoms with Gasteiger partial charge < -0.3 is 4.74 Å². The third-order valence-electron chi connectivity index (χ3n) is 2.17. The van der Waals surface area contributed by atoms with Gasteiger partial charge >= 0.3 is 0 Å². The van der Waals surface area contributed by atoms with Crippen LogP contribution in [0.4, 0.5) is 0 Å². The van der Waals surface area contributed by atoms with Crippen molar-refractivity contribution in [2.45, 2.75) is 20.3 Å². The quantitative estimate of drug-likeness (QED) is 0.801. The number of ketones is 1. The van der Waals surface area contributed by atoms with Crippen LogP contribution in [0, 0.1) is 5.92 Å². The van der Waals surface area contributed by atoms with Crippen molar-refractivity contribution in [3.8, 4) is 5.75 Å². The van der Waals surface area contributed by atoms with E-state index in [1.54, 1.807) is 18.2 Å². The molecule has 0 aliphatic carbocycles. The van der Waals surface area contributed by atoms with Crippen LogP contribution in [0.15, 0.2) is 18.2 Å². The summed E-state index contributed by atoms with van der Waals surface area (Å²) in [5.74, 6) is 0.738. The molecule has 1 rings (SSSR count). The zero-order valence-corrected chi connectivity index (χ0v) is 10.8. The standard InChI is InChI=1S/C12H14Cl2O2/c1-8(2)10(15)6-7-16-11-5-3-4-9(13)12(11)14/h3-5,8H,6-7H2,1-2H3. The van der Waals surface area contributed by atoms with E-state index in [1.807, 2.05) is 13.8 Å². The second-order valence-electron chi connectivity index (χ2n) is 3.77. The molecule has 0 heterocycles. The highest BCUT2D eigenvalue weighted by molar-refractivity contribution is 6.42. The van der Waals surface area contributed by atoms with Crippen LogP contribution >= 0.6 is 23.2 Å². The van der Waals surface area contributed by atoms with Crippen LogP contribution in [0.3, 0.4) is 0 Å². The van der Waals surface area contributed by atoms with E-state index in [-0.39, 0.29) is 11.7 Å². The fourth-order valence-electron chi connectivity index (χ4n) is 1.15. The van der Waals surface area contributed by atoms with Crippen LogP contribution in [-0.4, -0.2) is 12.4 Å². The lowest BCUT2D eigenvalue weighted by Crippen LogP contribution is -2.11. The highest BCUT2D eigenvalue weighted by Crippen LogP contribution is 2.31. The molecule has 0 spiro atoms. The Balaban J connectivity index is 2.49. The SMILES string of the molecule is CC(C)C(=O)CCOc1cccc(Cl)c1Cl. The maximum Gasteiger partial charge on any atom is 0.139 e. The number of carbonyl (C=O) groups excluding carboxylic acids is 1. The molecule has 1 aromatic rings. The Labute approximate surface area is 106 Å². The van der Waals surface area contributed by atoms with E-state index in [2.05, 4.69) is 0 Å². The lowest BCUT2D eigenvalue weighted by atomic mass is 10.1. The molecule has 1 aromatic carbocycles. The fraction of sp³-hybridized carbons (Fsp3) is 0.417. The average molecular weight is 261 g/mol. The van der Waals surface area contributed by atoms with Crippen molar-refractivity contribution in [1.29, 1.82) is 0 Å². The first kappa shape index (κ1) is 13.3. The number of benzene rings is 1. The predicted molar refractivity (Wildman–Crippen MR) is 66.4 cm³/mol. The van der Waals surface area contributed by atoms with Gasteiger partial charge in [-0.25, -0.2) is 0 Å². The monoisotopic (exact) mass is 260 g/mol. The Kier molecular flexibility index (Phi) is 5.10. The van der Waals surface area contributed by atoms with Crippen molar-refractivity contribution in [2.75, 3.05) is 6.61 Å². The maximum absolute atomic E-state index is 11.3. The summed E-state index contributed by atoms with van der Waals surface area (Å²) in [6, 6.07) is 5.18. The Hall–Kier alpha value is -0.730. The maximum atomic E-state index is 11.3. The van der Waals surface area contributed by atoms with Crippen LogP contribution in [0.5, 0.6) is 5.75 Å². The molecule has 0 amide bonds. The summed E-state index contributed by atoms with van der Waals surface area (Å²) >= 11 is 11.8. The molecule has 2 nitrogen and oxygen atoms in total. The minimum absolute atomic E-state index is 0.0402. The highest BCUT2D eigenvalue weighted by atomic mass is 35.5. The zero-order valence-electron chi connectivity index (χ0n) is 9.30. The van der Waals surface area contributed by atoms with Crippen LogP contribution in [0.25, 0.3) is 0 Å². The minimum Gasteiger partial charge on any atom is -0.492 e. The lowest BCUT2D eigenvalue weighted by molar-refractivity contribution is -0.122. The zero-order chi connectivity index (χ0) is 12.1. The summed E-state index contributed by atoms with van der Waals surface area (Å²) < 4.78 is 5.40. The normalized spacial score (nSPS) is 10.6. The van der Waals surface area contributed by atoms with Crippen LogP contribution < -0.4 is 4.74 Å². The number of rotatable bonds is 5. The molecule has 0 radical (unpaired) electrons. The van der Waals surface area contributed by atoms with Gasteiger partial charge in [-0.05, 0) is 12.1 Å². The Bertz CT molecular complexity index is 375. The molecule has 16 heavy (non-hydrogen) atoms.